The van der Waals surface area contributed by atoms with Gasteiger partial charge in [-0.15, -0.1) is 0 Å². The highest BCUT2D eigenvalue weighted by atomic mass is 16.4. The van der Waals surface area contributed by atoms with Crippen molar-refractivity contribution in [2.24, 2.45) is 0 Å². The molecule has 0 heterocycles. The SMILES string of the molecule is CC(=CC(=O)CO)C(=O)O. The van der Waals surface area contributed by atoms with E-state index in [9.17, 15) is 9.59 Å². The number of ketones is 1. The zero-order valence-electron chi connectivity index (χ0n) is 5.50. The molecule has 0 aliphatic rings. The first-order chi connectivity index (χ1) is 4.57. The number of aliphatic hydroxyl groups is 1. The Balaban J connectivity index is 4.16. The van der Waals surface area contributed by atoms with Gasteiger partial charge in [-0.3, -0.25) is 4.79 Å². The number of carbonyl (C=O) groups excluding carboxylic acids is 1. The van der Waals surface area contributed by atoms with Crippen LogP contribution in [0.3, 0.4) is 0 Å². The third kappa shape index (κ3) is 2.99. The van der Waals surface area contributed by atoms with Gasteiger partial charge in [-0.1, -0.05) is 0 Å². The van der Waals surface area contributed by atoms with Gasteiger partial charge in [0.05, 0.1) is 0 Å². The van der Waals surface area contributed by atoms with Crippen LogP contribution < -0.4 is 0 Å². The highest BCUT2D eigenvalue weighted by Gasteiger charge is 2.01. The molecular formula is C6H8O4. The van der Waals surface area contributed by atoms with Crippen LogP contribution in [0.15, 0.2) is 11.6 Å². The predicted octanol–water partition coefficient (Wildman–Crippen LogP) is -0.421. The molecule has 0 fully saturated rings. The second-order valence-electron chi connectivity index (χ2n) is 1.76. The van der Waals surface area contributed by atoms with E-state index < -0.39 is 18.4 Å². The fourth-order valence-electron chi connectivity index (χ4n) is 0.349. The maximum Gasteiger partial charge on any atom is 0.331 e. The molecule has 0 saturated carbocycles. The Morgan fingerprint density at radius 1 is 1.50 bits per heavy atom. The standard InChI is InChI=1S/C6H8O4/c1-4(6(9)10)2-5(8)3-7/h2,7H,3H2,1H3,(H,9,10). The molecule has 0 spiro atoms. The van der Waals surface area contributed by atoms with Crippen LogP contribution in [0, 0.1) is 0 Å². The summed E-state index contributed by atoms with van der Waals surface area (Å²) < 4.78 is 0. The molecule has 0 unspecified atom stereocenters. The first kappa shape index (κ1) is 8.84. The van der Waals surface area contributed by atoms with E-state index in [2.05, 4.69) is 0 Å². The van der Waals surface area contributed by atoms with Crippen molar-refractivity contribution in [2.75, 3.05) is 6.61 Å². The molecule has 0 aliphatic carbocycles. The van der Waals surface area contributed by atoms with Crippen LogP contribution in [0.25, 0.3) is 0 Å². The molecule has 0 aromatic carbocycles. The Morgan fingerprint density at radius 3 is 2.30 bits per heavy atom. The fourth-order valence-corrected chi connectivity index (χ4v) is 0.349. The van der Waals surface area contributed by atoms with Gasteiger partial charge in [0.15, 0.2) is 5.78 Å². The smallest absolute Gasteiger partial charge is 0.331 e. The molecule has 10 heavy (non-hydrogen) atoms. The molecule has 0 aromatic heterocycles. The number of carbonyl (C=O) groups is 2. The van der Waals surface area contributed by atoms with Crippen molar-refractivity contribution < 1.29 is 19.8 Å². The Hall–Kier alpha value is -1.16. The lowest BCUT2D eigenvalue weighted by Crippen LogP contribution is -2.04. The van der Waals surface area contributed by atoms with Crippen molar-refractivity contribution >= 4 is 11.8 Å². The second kappa shape index (κ2) is 3.79. The van der Waals surface area contributed by atoms with Crippen LogP contribution >= 0.6 is 0 Å². The van der Waals surface area contributed by atoms with Crippen LogP contribution in [0.1, 0.15) is 6.92 Å². The van der Waals surface area contributed by atoms with E-state index in [-0.39, 0.29) is 5.57 Å². The Kier molecular flexibility index (Phi) is 3.35. The monoisotopic (exact) mass is 144 g/mol. The van der Waals surface area contributed by atoms with E-state index in [4.69, 9.17) is 10.2 Å². The normalized spacial score (nSPS) is 11.2. The summed E-state index contributed by atoms with van der Waals surface area (Å²) in [6, 6.07) is 0. The Bertz CT molecular complexity index is 180. The maximum atomic E-state index is 10.3. The zero-order chi connectivity index (χ0) is 8.15. The van der Waals surface area contributed by atoms with Gasteiger partial charge in [-0.25, -0.2) is 4.79 Å². The van der Waals surface area contributed by atoms with Gasteiger partial charge in [-0.2, -0.15) is 0 Å². The minimum absolute atomic E-state index is 0.0703. The highest BCUT2D eigenvalue weighted by Crippen LogP contribution is 1.91. The summed E-state index contributed by atoms with van der Waals surface area (Å²) in [5, 5.41) is 16.4. The van der Waals surface area contributed by atoms with Gasteiger partial charge >= 0.3 is 5.97 Å². The van der Waals surface area contributed by atoms with E-state index >= 15 is 0 Å². The van der Waals surface area contributed by atoms with Gasteiger partial charge in [0.2, 0.25) is 0 Å². The van der Waals surface area contributed by atoms with E-state index in [1.54, 1.807) is 0 Å². The van der Waals surface area contributed by atoms with E-state index in [0.29, 0.717) is 0 Å². The molecule has 4 heteroatoms. The van der Waals surface area contributed by atoms with Gasteiger partial charge in [0.25, 0.3) is 0 Å². The van der Waals surface area contributed by atoms with Crippen molar-refractivity contribution in [3.05, 3.63) is 11.6 Å². The molecule has 0 bridgehead atoms. The summed E-state index contributed by atoms with van der Waals surface area (Å²) in [6.07, 6.45) is 0.891. The van der Waals surface area contributed by atoms with Gasteiger partial charge in [0.1, 0.15) is 6.61 Å². The van der Waals surface area contributed by atoms with Crippen LogP contribution in [-0.2, 0) is 9.59 Å². The lowest BCUT2D eigenvalue weighted by molar-refractivity contribution is -0.133. The molecule has 0 rings (SSSR count). The lowest BCUT2D eigenvalue weighted by atomic mass is 10.2. The number of aliphatic carboxylic acids is 1. The van der Waals surface area contributed by atoms with Crippen LogP contribution in [-0.4, -0.2) is 28.6 Å². The fraction of sp³-hybridized carbons (Fsp3) is 0.333. The largest absolute Gasteiger partial charge is 0.478 e. The topological polar surface area (TPSA) is 74.6 Å². The molecule has 0 radical (unpaired) electrons. The van der Waals surface area contributed by atoms with Crippen molar-refractivity contribution in [1.82, 2.24) is 0 Å². The maximum absolute atomic E-state index is 10.3. The van der Waals surface area contributed by atoms with E-state index in [1.807, 2.05) is 0 Å². The molecule has 0 amide bonds. The van der Waals surface area contributed by atoms with Crippen LogP contribution in [0.2, 0.25) is 0 Å². The lowest BCUT2D eigenvalue weighted by Gasteiger charge is -1.89. The first-order valence-electron chi connectivity index (χ1n) is 2.63. The van der Waals surface area contributed by atoms with Gasteiger partial charge in [-0.05, 0) is 13.0 Å². The van der Waals surface area contributed by atoms with E-state index in [1.165, 1.54) is 6.92 Å². The highest BCUT2D eigenvalue weighted by molar-refractivity contribution is 5.98. The summed E-state index contributed by atoms with van der Waals surface area (Å²) >= 11 is 0. The molecule has 56 valence electrons. The number of hydrogen-bond donors (Lipinski definition) is 2. The molecule has 4 nitrogen and oxygen atoms in total. The summed E-state index contributed by atoms with van der Waals surface area (Å²) in [6.45, 7) is 0.639. The Morgan fingerprint density at radius 2 is 2.00 bits per heavy atom. The average Bonchev–Trinajstić information content (AvgIpc) is 1.87. The van der Waals surface area contributed by atoms with Gasteiger partial charge in [0, 0.05) is 5.57 Å². The van der Waals surface area contributed by atoms with Crippen molar-refractivity contribution in [3.63, 3.8) is 0 Å². The summed E-state index contributed by atoms with van der Waals surface area (Å²) in [4.78, 5) is 20.4. The number of carboxylic acid groups (broad SMARTS) is 1. The molecule has 0 aliphatic heterocycles. The molecule has 0 atom stereocenters. The quantitative estimate of drug-likeness (QED) is 0.527. The third-order valence-electron chi connectivity index (χ3n) is 0.871. The summed E-state index contributed by atoms with van der Waals surface area (Å²) in [7, 11) is 0. The van der Waals surface area contributed by atoms with Crippen molar-refractivity contribution in [3.8, 4) is 0 Å². The third-order valence-corrected chi connectivity index (χ3v) is 0.871. The second-order valence-corrected chi connectivity index (χ2v) is 1.76. The summed E-state index contributed by atoms with van der Waals surface area (Å²) in [5.74, 6) is -1.75. The predicted molar refractivity (Wildman–Crippen MR) is 33.5 cm³/mol. The van der Waals surface area contributed by atoms with Crippen molar-refractivity contribution in [1.29, 1.82) is 0 Å². The average molecular weight is 144 g/mol. The molecular weight excluding hydrogens is 136 g/mol. The van der Waals surface area contributed by atoms with Crippen LogP contribution in [0.5, 0.6) is 0 Å². The number of hydrogen-bond acceptors (Lipinski definition) is 3. The number of rotatable bonds is 3. The number of carboxylic acids is 1. The van der Waals surface area contributed by atoms with Crippen LogP contribution in [0.4, 0.5) is 0 Å². The minimum atomic E-state index is -1.15. The van der Waals surface area contributed by atoms with E-state index in [0.717, 1.165) is 6.08 Å². The number of aliphatic hydroxyl groups excluding tert-OH is 1. The summed E-state index contributed by atoms with van der Waals surface area (Å²) in [5.41, 5.74) is -0.0703. The zero-order valence-corrected chi connectivity index (χ0v) is 5.50. The minimum Gasteiger partial charge on any atom is -0.478 e. The van der Waals surface area contributed by atoms with Crippen molar-refractivity contribution in [2.45, 2.75) is 6.92 Å². The molecule has 2 N–H and O–H groups in total. The first-order valence-corrected chi connectivity index (χ1v) is 2.63. The molecule has 0 saturated heterocycles. The molecule has 0 aromatic rings. The Labute approximate surface area is 57.8 Å². The van der Waals surface area contributed by atoms with Gasteiger partial charge < -0.3 is 10.2 Å².